The molecule has 4 rings (SSSR count). The number of nitrogens with one attached hydrogen (secondary N) is 2. The molecule has 6 nitrogen and oxygen atoms in total. The number of rotatable bonds is 7. The van der Waals surface area contributed by atoms with Crippen molar-refractivity contribution >= 4 is 28.5 Å². The number of benzene rings is 2. The van der Waals surface area contributed by atoms with Gasteiger partial charge in [0, 0.05) is 30.6 Å². The maximum atomic E-state index is 12.4. The second-order valence-electron chi connectivity index (χ2n) is 6.67. The Morgan fingerprint density at radius 1 is 1.22 bits per heavy atom. The Kier molecular flexibility index (Phi) is 5.27. The molecule has 2 N–H and O–H groups in total. The van der Waals surface area contributed by atoms with Crippen molar-refractivity contribution in [2.45, 2.75) is 13.2 Å². The van der Waals surface area contributed by atoms with Crippen LogP contribution in [0.2, 0.25) is 5.02 Å². The van der Waals surface area contributed by atoms with Gasteiger partial charge in [0.15, 0.2) is 0 Å². The molecule has 1 aliphatic heterocycles. The predicted molar refractivity (Wildman–Crippen MR) is 105 cm³/mol. The number of amides is 1. The fraction of sp³-hybridized carbons (Fsp3) is 0.300. The summed E-state index contributed by atoms with van der Waals surface area (Å²) >= 11 is 5.91. The number of hydrogen-bond acceptors (Lipinski definition) is 4. The number of fused-ring (bicyclic) bond motifs is 1. The van der Waals surface area contributed by atoms with E-state index in [2.05, 4.69) is 15.6 Å². The molecule has 0 spiro atoms. The van der Waals surface area contributed by atoms with Crippen LogP contribution in [-0.4, -0.2) is 35.1 Å². The van der Waals surface area contributed by atoms with Crippen LogP contribution >= 0.6 is 11.6 Å². The van der Waals surface area contributed by atoms with Gasteiger partial charge in [-0.25, -0.2) is 4.98 Å². The first-order valence-electron chi connectivity index (χ1n) is 8.99. The molecule has 27 heavy (non-hydrogen) atoms. The maximum absolute atomic E-state index is 12.4. The summed E-state index contributed by atoms with van der Waals surface area (Å²) in [7, 11) is 0. The molecule has 1 aromatic heterocycles. The van der Waals surface area contributed by atoms with Crippen LogP contribution in [0.25, 0.3) is 11.0 Å². The van der Waals surface area contributed by atoms with Crippen molar-refractivity contribution in [2.24, 2.45) is 5.92 Å². The number of nitrogens with zero attached hydrogens (tertiary/aromatic N) is 2. The maximum Gasteiger partial charge on any atom is 0.240 e. The number of aromatic nitrogens is 2. The minimum atomic E-state index is -0.0159. The van der Waals surface area contributed by atoms with Crippen molar-refractivity contribution in [1.29, 1.82) is 0 Å². The van der Waals surface area contributed by atoms with Crippen LogP contribution in [0.4, 0.5) is 0 Å². The van der Waals surface area contributed by atoms with E-state index in [1.54, 1.807) is 12.1 Å². The van der Waals surface area contributed by atoms with Crippen molar-refractivity contribution in [2.75, 3.05) is 19.6 Å². The lowest BCUT2D eigenvalue weighted by Crippen LogP contribution is -2.48. The van der Waals surface area contributed by atoms with Gasteiger partial charge in [0.1, 0.15) is 24.7 Å². The van der Waals surface area contributed by atoms with E-state index in [0.717, 1.165) is 24.1 Å². The zero-order valence-electron chi connectivity index (χ0n) is 14.8. The van der Waals surface area contributed by atoms with E-state index in [1.165, 1.54) is 0 Å². The van der Waals surface area contributed by atoms with E-state index in [4.69, 9.17) is 16.3 Å². The summed E-state index contributed by atoms with van der Waals surface area (Å²) in [5, 5.41) is 6.88. The van der Waals surface area contributed by atoms with Crippen LogP contribution in [0, 0.1) is 5.92 Å². The van der Waals surface area contributed by atoms with Crippen molar-refractivity contribution in [3.05, 3.63) is 59.4 Å². The standard InChI is InChI=1S/C20H21ClN4O2/c21-15-5-7-16(8-6-15)27-13-19-24-17-3-1-2-4-18(17)25(19)12-20(26)23-11-14-9-22-10-14/h1-8,14,22H,9-13H2,(H,23,26). The molecule has 1 amide bonds. The van der Waals surface area contributed by atoms with Crippen LogP contribution in [0.5, 0.6) is 5.75 Å². The predicted octanol–water partition coefficient (Wildman–Crippen LogP) is 2.60. The summed E-state index contributed by atoms with van der Waals surface area (Å²) in [6.07, 6.45) is 0. The third-order valence-corrected chi connectivity index (χ3v) is 4.92. The topological polar surface area (TPSA) is 68.2 Å². The van der Waals surface area contributed by atoms with Gasteiger partial charge in [-0.15, -0.1) is 0 Å². The Hall–Kier alpha value is -2.57. The van der Waals surface area contributed by atoms with E-state index >= 15 is 0 Å². The number of para-hydroxylation sites is 2. The van der Waals surface area contributed by atoms with Gasteiger partial charge < -0.3 is 19.9 Å². The molecule has 2 heterocycles. The summed E-state index contributed by atoms with van der Waals surface area (Å²) in [6.45, 7) is 3.13. The van der Waals surface area contributed by atoms with Crippen LogP contribution in [-0.2, 0) is 17.9 Å². The molecule has 0 aliphatic carbocycles. The second kappa shape index (κ2) is 7.98. The number of carbonyl (C=O) groups is 1. The lowest BCUT2D eigenvalue weighted by atomic mass is 10.0. The number of imidazole rings is 1. The Labute approximate surface area is 162 Å². The van der Waals surface area contributed by atoms with Gasteiger partial charge in [0.05, 0.1) is 11.0 Å². The number of ether oxygens (including phenoxy) is 1. The zero-order valence-corrected chi connectivity index (χ0v) is 15.6. The lowest BCUT2D eigenvalue weighted by molar-refractivity contribution is -0.121. The van der Waals surface area contributed by atoms with Gasteiger partial charge in [-0.2, -0.15) is 0 Å². The minimum absolute atomic E-state index is 0.0159. The molecule has 0 atom stereocenters. The Balaban J connectivity index is 1.49. The SMILES string of the molecule is O=C(Cn1c(COc2ccc(Cl)cc2)nc2ccccc21)NCC1CNC1. The van der Waals surface area contributed by atoms with Crippen molar-refractivity contribution in [3.8, 4) is 5.75 Å². The normalized spacial score (nSPS) is 14.1. The largest absolute Gasteiger partial charge is 0.486 e. The minimum Gasteiger partial charge on any atom is -0.486 e. The number of hydrogen-bond donors (Lipinski definition) is 2. The highest BCUT2D eigenvalue weighted by atomic mass is 35.5. The third kappa shape index (κ3) is 4.23. The van der Waals surface area contributed by atoms with E-state index in [9.17, 15) is 4.79 Å². The van der Waals surface area contributed by atoms with Gasteiger partial charge in [-0.3, -0.25) is 4.79 Å². The van der Waals surface area contributed by atoms with E-state index < -0.39 is 0 Å². The average molecular weight is 385 g/mol. The number of halogens is 1. The second-order valence-corrected chi connectivity index (χ2v) is 7.11. The smallest absolute Gasteiger partial charge is 0.240 e. The molecular weight excluding hydrogens is 364 g/mol. The van der Waals surface area contributed by atoms with Crippen molar-refractivity contribution in [1.82, 2.24) is 20.2 Å². The molecule has 7 heteroatoms. The van der Waals surface area contributed by atoms with Gasteiger partial charge in [-0.1, -0.05) is 23.7 Å². The number of carbonyl (C=O) groups excluding carboxylic acids is 1. The molecule has 1 fully saturated rings. The highest BCUT2D eigenvalue weighted by Crippen LogP contribution is 2.20. The van der Waals surface area contributed by atoms with Gasteiger partial charge >= 0.3 is 0 Å². The molecule has 140 valence electrons. The van der Waals surface area contributed by atoms with E-state index in [1.807, 2.05) is 41.0 Å². The van der Waals surface area contributed by atoms with Crippen molar-refractivity contribution in [3.63, 3.8) is 0 Å². The Morgan fingerprint density at radius 2 is 2.00 bits per heavy atom. The first-order valence-corrected chi connectivity index (χ1v) is 9.37. The highest BCUT2D eigenvalue weighted by molar-refractivity contribution is 6.30. The lowest BCUT2D eigenvalue weighted by Gasteiger charge is -2.27. The van der Waals surface area contributed by atoms with Crippen LogP contribution in [0.3, 0.4) is 0 Å². The summed E-state index contributed by atoms with van der Waals surface area (Å²) < 4.78 is 7.76. The van der Waals surface area contributed by atoms with E-state index in [-0.39, 0.29) is 19.1 Å². The van der Waals surface area contributed by atoms with Gasteiger partial charge in [0.2, 0.25) is 5.91 Å². The first kappa shape index (κ1) is 17.8. The molecule has 0 bridgehead atoms. The zero-order chi connectivity index (χ0) is 18.6. The fourth-order valence-electron chi connectivity index (χ4n) is 3.04. The molecule has 1 saturated heterocycles. The first-order chi connectivity index (χ1) is 13.2. The fourth-order valence-corrected chi connectivity index (χ4v) is 3.17. The Morgan fingerprint density at radius 3 is 2.74 bits per heavy atom. The van der Waals surface area contributed by atoms with Crippen LogP contribution in [0.15, 0.2) is 48.5 Å². The quantitative estimate of drug-likeness (QED) is 0.657. The van der Waals surface area contributed by atoms with Crippen LogP contribution < -0.4 is 15.4 Å². The highest BCUT2D eigenvalue weighted by Gasteiger charge is 2.18. The molecule has 2 aromatic carbocycles. The monoisotopic (exact) mass is 384 g/mol. The van der Waals surface area contributed by atoms with Crippen molar-refractivity contribution < 1.29 is 9.53 Å². The van der Waals surface area contributed by atoms with Gasteiger partial charge in [-0.05, 0) is 36.4 Å². The summed E-state index contributed by atoms with van der Waals surface area (Å²) in [5.41, 5.74) is 1.77. The summed E-state index contributed by atoms with van der Waals surface area (Å²) in [6, 6.07) is 15.0. The summed E-state index contributed by atoms with van der Waals surface area (Å²) in [4.78, 5) is 17.1. The van der Waals surface area contributed by atoms with Crippen LogP contribution in [0.1, 0.15) is 5.82 Å². The molecule has 0 unspecified atom stereocenters. The molecule has 0 radical (unpaired) electrons. The molecular formula is C20H21ClN4O2. The Bertz CT molecular complexity index is 935. The molecule has 0 saturated carbocycles. The third-order valence-electron chi connectivity index (χ3n) is 4.67. The summed E-state index contributed by atoms with van der Waals surface area (Å²) in [5.74, 6) is 1.94. The van der Waals surface area contributed by atoms with Gasteiger partial charge in [0.25, 0.3) is 0 Å². The molecule has 1 aliphatic rings. The van der Waals surface area contributed by atoms with E-state index in [0.29, 0.717) is 29.1 Å². The average Bonchev–Trinajstić information content (AvgIpc) is 2.98. The molecule has 3 aromatic rings.